The summed E-state index contributed by atoms with van der Waals surface area (Å²) in [5.41, 5.74) is 12.3. The summed E-state index contributed by atoms with van der Waals surface area (Å²) in [6.45, 7) is 6.01. The molecule has 0 saturated heterocycles. The molecule has 0 amide bonds. The zero-order valence-electron chi connectivity index (χ0n) is 29.0. The Bertz CT molecular complexity index is 3100. The van der Waals surface area contributed by atoms with Gasteiger partial charge in [0.05, 0.1) is 5.69 Å². The number of allylic oxidation sites excluding steroid dienone is 4. The van der Waals surface area contributed by atoms with Crippen LogP contribution in [0.2, 0.25) is 0 Å². The van der Waals surface area contributed by atoms with Crippen molar-refractivity contribution in [3.63, 3.8) is 0 Å². The van der Waals surface area contributed by atoms with Crippen LogP contribution in [-0.2, 0) is 0 Å². The summed E-state index contributed by atoms with van der Waals surface area (Å²) in [4.78, 5) is 2.22. The molecule has 0 aliphatic carbocycles. The SMILES string of the molecule is C=C/C=C(\C=C/C)N(c1ccccc1)c1cccc2c1oc1ccc(-c3ccc4oc5c(-c6cccc7c6oc6ccccc67)cccc5c4c3)cc12. The van der Waals surface area contributed by atoms with E-state index in [1.165, 1.54) is 0 Å². The van der Waals surface area contributed by atoms with E-state index < -0.39 is 0 Å². The van der Waals surface area contributed by atoms with Crippen LogP contribution in [0.15, 0.2) is 195 Å². The molecule has 0 N–H and O–H groups in total. The van der Waals surface area contributed by atoms with Gasteiger partial charge in [-0.15, -0.1) is 0 Å². The average molecular weight is 684 g/mol. The van der Waals surface area contributed by atoms with Crippen molar-refractivity contribution in [2.24, 2.45) is 0 Å². The van der Waals surface area contributed by atoms with E-state index in [4.69, 9.17) is 13.3 Å². The molecule has 0 atom stereocenters. The lowest BCUT2D eigenvalue weighted by atomic mass is 9.98. The van der Waals surface area contributed by atoms with Gasteiger partial charge in [0.25, 0.3) is 0 Å². The highest BCUT2D eigenvalue weighted by Crippen LogP contribution is 2.44. The van der Waals surface area contributed by atoms with Crippen molar-refractivity contribution in [3.8, 4) is 22.3 Å². The molecule has 10 aromatic rings. The number of benzene rings is 7. The van der Waals surface area contributed by atoms with Crippen molar-refractivity contribution >= 4 is 77.2 Å². The molecule has 0 aliphatic rings. The smallest absolute Gasteiger partial charge is 0.159 e. The lowest BCUT2D eigenvalue weighted by Crippen LogP contribution is -2.15. The largest absolute Gasteiger partial charge is 0.455 e. The van der Waals surface area contributed by atoms with E-state index in [9.17, 15) is 0 Å². The molecule has 0 bridgehead atoms. The van der Waals surface area contributed by atoms with E-state index in [1.54, 1.807) is 0 Å². The minimum Gasteiger partial charge on any atom is -0.455 e. The summed E-state index contributed by atoms with van der Waals surface area (Å²) in [6, 6.07) is 50.5. The third-order valence-corrected chi connectivity index (χ3v) is 10.1. The van der Waals surface area contributed by atoms with Gasteiger partial charge in [0.15, 0.2) is 5.58 Å². The molecule has 3 aromatic heterocycles. The first-order valence-corrected chi connectivity index (χ1v) is 17.8. The maximum absolute atomic E-state index is 6.66. The summed E-state index contributed by atoms with van der Waals surface area (Å²) in [7, 11) is 0. The van der Waals surface area contributed by atoms with E-state index in [0.717, 1.165) is 105 Å². The predicted octanol–water partition coefficient (Wildman–Crippen LogP) is 14.5. The normalized spacial score (nSPS) is 12.4. The van der Waals surface area contributed by atoms with Gasteiger partial charge in [0.2, 0.25) is 0 Å². The summed E-state index contributed by atoms with van der Waals surface area (Å²) in [5.74, 6) is 0. The van der Waals surface area contributed by atoms with Crippen molar-refractivity contribution in [3.05, 3.63) is 182 Å². The third kappa shape index (κ3) is 4.91. The van der Waals surface area contributed by atoms with Crippen LogP contribution in [0.4, 0.5) is 11.4 Å². The standard InChI is InChI=1S/C49H33NO3/c1-3-13-33(14-4-2)50(34-15-6-5-7-16-34)43-23-12-22-40-42-30-32(26-28-46(42)53-49(40)43)31-25-27-45-41(29-31)39-21-11-20-38(48(39)52-45)37-19-10-18-36-35-17-8-9-24-44(35)51-47(36)37/h3-30H,1H2,2H3/b14-4-,33-13+. The summed E-state index contributed by atoms with van der Waals surface area (Å²) < 4.78 is 19.7. The molecule has 53 heavy (non-hydrogen) atoms. The molecule has 0 unspecified atom stereocenters. The Morgan fingerprint density at radius 1 is 0.509 bits per heavy atom. The van der Waals surface area contributed by atoms with Crippen LogP contribution in [0.3, 0.4) is 0 Å². The summed E-state index contributed by atoms with van der Waals surface area (Å²) in [6.07, 6.45) is 7.97. The van der Waals surface area contributed by atoms with Crippen molar-refractivity contribution in [1.82, 2.24) is 0 Å². The first-order chi connectivity index (χ1) is 26.2. The summed E-state index contributed by atoms with van der Waals surface area (Å²) >= 11 is 0. The Morgan fingerprint density at radius 2 is 1.04 bits per heavy atom. The molecule has 3 heterocycles. The topological polar surface area (TPSA) is 42.7 Å². The molecule has 4 nitrogen and oxygen atoms in total. The second-order valence-electron chi connectivity index (χ2n) is 13.2. The fraction of sp³-hybridized carbons (Fsp3) is 0.0204. The zero-order chi connectivity index (χ0) is 35.5. The van der Waals surface area contributed by atoms with E-state index >= 15 is 0 Å². The monoisotopic (exact) mass is 683 g/mol. The Labute approximate surface area is 305 Å². The second-order valence-corrected chi connectivity index (χ2v) is 13.2. The fourth-order valence-corrected chi connectivity index (χ4v) is 7.79. The van der Waals surface area contributed by atoms with Gasteiger partial charge >= 0.3 is 0 Å². The van der Waals surface area contributed by atoms with Gasteiger partial charge < -0.3 is 18.2 Å². The van der Waals surface area contributed by atoms with Gasteiger partial charge in [0, 0.05) is 54.8 Å². The van der Waals surface area contributed by atoms with Crippen molar-refractivity contribution in [1.29, 1.82) is 0 Å². The molecule has 0 aliphatic heterocycles. The zero-order valence-corrected chi connectivity index (χ0v) is 29.0. The van der Waals surface area contributed by atoms with Crippen LogP contribution in [0, 0.1) is 0 Å². The first kappa shape index (κ1) is 30.8. The minimum atomic E-state index is 0.825. The number of fused-ring (bicyclic) bond motifs is 9. The molecule has 7 aromatic carbocycles. The molecule has 10 rings (SSSR count). The third-order valence-electron chi connectivity index (χ3n) is 10.1. The number of hydrogen-bond donors (Lipinski definition) is 0. The van der Waals surface area contributed by atoms with Gasteiger partial charge in [-0.3, -0.25) is 0 Å². The molecule has 0 radical (unpaired) electrons. The van der Waals surface area contributed by atoms with E-state index in [1.807, 2.05) is 43.4 Å². The van der Waals surface area contributed by atoms with E-state index in [0.29, 0.717) is 0 Å². The summed E-state index contributed by atoms with van der Waals surface area (Å²) in [5, 5.41) is 6.46. The van der Waals surface area contributed by atoms with Crippen LogP contribution in [0.1, 0.15) is 6.92 Å². The van der Waals surface area contributed by atoms with Gasteiger partial charge in [-0.05, 0) is 78.7 Å². The lowest BCUT2D eigenvalue weighted by Gasteiger charge is -2.26. The number of nitrogens with zero attached hydrogens (tertiary/aromatic N) is 1. The van der Waals surface area contributed by atoms with Crippen molar-refractivity contribution < 1.29 is 13.3 Å². The number of anilines is 2. The lowest BCUT2D eigenvalue weighted by molar-refractivity contribution is 0.665. The minimum absolute atomic E-state index is 0.825. The predicted molar refractivity (Wildman–Crippen MR) is 221 cm³/mol. The molecular formula is C49H33NO3. The molecule has 4 heteroatoms. The Hall–Kier alpha value is -7.04. The van der Waals surface area contributed by atoms with Crippen LogP contribution >= 0.6 is 0 Å². The second kappa shape index (κ2) is 12.3. The van der Waals surface area contributed by atoms with Gasteiger partial charge in [-0.1, -0.05) is 116 Å². The van der Waals surface area contributed by atoms with Gasteiger partial charge in [0.1, 0.15) is 27.9 Å². The molecule has 0 spiro atoms. The fourth-order valence-electron chi connectivity index (χ4n) is 7.79. The Kier molecular flexibility index (Phi) is 7.15. The highest BCUT2D eigenvalue weighted by atomic mass is 16.3. The quantitative estimate of drug-likeness (QED) is 0.157. The first-order valence-electron chi connectivity index (χ1n) is 17.8. The number of hydrogen-bond acceptors (Lipinski definition) is 4. The Balaban J connectivity index is 1.10. The van der Waals surface area contributed by atoms with E-state index in [2.05, 4.69) is 145 Å². The molecule has 0 saturated carbocycles. The van der Waals surface area contributed by atoms with Crippen molar-refractivity contribution in [2.45, 2.75) is 6.92 Å². The van der Waals surface area contributed by atoms with E-state index in [-0.39, 0.29) is 0 Å². The van der Waals surface area contributed by atoms with Crippen LogP contribution in [-0.4, -0.2) is 0 Å². The molecule has 0 fully saturated rings. The maximum Gasteiger partial charge on any atom is 0.159 e. The molecular weight excluding hydrogens is 651 g/mol. The number of rotatable bonds is 7. The van der Waals surface area contributed by atoms with Crippen LogP contribution in [0.5, 0.6) is 0 Å². The number of furan rings is 3. The van der Waals surface area contributed by atoms with Crippen molar-refractivity contribution in [2.75, 3.05) is 4.90 Å². The number of para-hydroxylation sites is 5. The highest BCUT2D eigenvalue weighted by molar-refractivity contribution is 6.16. The van der Waals surface area contributed by atoms with Crippen LogP contribution in [0.25, 0.3) is 88.1 Å². The van der Waals surface area contributed by atoms with Gasteiger partial charge in [-0.2, -0.15) is 0 Å². The maximum atomic E-state index is 6.66. The molecule has 252 valence electrons. The Morgan fingerprint density at radius 3 is 1.68 bits per heavy atom. The van der Waals surface area contributed by atoms with Gasteiger partial charge in [-0.25, -0.2) is 0 Å². The average Bonchev–Trinajstić information content (AvgIpc) is 3.90. The van der Waals surface area contributed by atoms with Crippen LogP contribution < -0.4 is 4.90 Å². The highest BCUT2D eigenvalue weighted by Gasteiger charge is 2.21.